The molecule has 0 saturated carbocycles. The zero-order valence-corrected chi connectivity index (χ0v) is 26.0. The summed E-state index contributed by atoms with van der Waals surface area (Å²) < 4.78 is 0. The number of allylic oxidation sites excluding steroid dienone is 4. The largest absolute Gasteiger partial charge is 0.656 e. The van der Waals surface area contributed by atoms with Crippen LogP contribution in [0.25, 0.3) is 5.32 Å². The van der Waals surface area contributed by atoms with Crippen LogP contribution in [0.3, 0.4) is 0 Å². The van der Waals surface area contributed by atoms with E-state index in [4.69, 9.17) is 19.7 Å². The molecule has 0 aliphatic carbocycles. The van der Waals surface area contributed by atoms with Gasteiger partial charge in [-0.2, -0.15) is 0 Å². The van der Waals surface area contributed by atoms with E-state index >= 15 is 0 Å². The summed E-state index contributed by atoms with van der Waals surface area (Å²) in [4.78, 5) is 23.2. The summed E-state index contributed by atoms with van der Waals surface area (Å²) in [5, 5.41) is 6.50. The Bertz CT molecular complexity index is 601. The molecule has 1 aliphatic rings. The summed E-state index contributed by atoms with van der Waals surface area (Å²) in [6.45, 7) is 38.5. The Balaban J connectivity index is -0.000000553. The van der Waals surface area contributed by atoms with Crippen molar-refractivity contribution in [3.8, 4) is 0 Å². The van der Waals surface area contributed by atoms with Crippen molar-refractivity contribution in [2.75, 3.05) is 6.16 Å². The first-order valence-electron chi connectivity index (χ1n) is 10.7. The fourth-order valence-corrected chi connectivity index (χ4v) is 11.7. The van der Waals surface area contributed by atoms with Gasteiger partial charge in [-0.3, -0.25) is 20.4 Å². The maximum absolute atomic E-state index is 7.75. The van der Waals surface area contributed by atoms with Crippen molar-refractivity contribution in [1.82, 2.24) is 0 Å². The third-order valence-electron chi connectivity index (χ3n) is 4.91. The van der Waals surface area contributed by atoms with Crippen LogP contribution in [-0.4, -0.2) is 47.2 Å². The van der Waals surface area contributed by atoms with Crippen molar-refractivity contribution in [3.63, 3.8) is 0 Å². The van der Waals surface area contributed by atoms with Crippen LogP contribution in [0.1, 0.15) is 83.1 Å². The molecule has 0 aromatic carbocycles. The minimum atomic E-state index is -0.708. The van der Waals surface area contributed by atoms with Crippen molar-refractivity contribution in [3.05, 3.63) is 40.8 Å². The van der Waals surface area contributed by atoms with Crippen molar-refractivity contribution in [2.45, 2.75) is 104 Å². The van der Waals surface area contributed by atoms with Gasteiger partial charge in [0.25, 0.3) is 0 Å². The van der Waals surface area contributed by atoms with Crippen molar-refractivity contribution < 1.29 is 31.5 Å². The second-order valence-electron chi connectivity index (χ2n) is 11.8. The summed E-state index contributed by atoms with van der Waals surface area (Å²) in [5.74, 6) is 2.51. The number of hydrogen-bond donors (Lipinski definition) is 0. The Morgan fingerprint density at radius 3 is 1.39 bits per heavy atom. The molecule has 1 radical (unpaired) electrons. The molecular weight excluding hydrogens is 491 g/mol. The first kappa shape index (κ1) is 39.6. The fourth-order valence-electron chi connectivity index (χ4n) is 4.22. The fraction of sp³-hybridized carbons (Fsp3) is 0.654. The maximum Gasteiger partial charge on any atom is 0.0738 e. The van der Waals surface area contributed by atoms with Gasteiger partial charge in [-0.25, -0.2) is 0 Å². The molecule has 0 aromatic rings. The third-order valence-corrected chi connectivity index (χ3v) is 13.1. The summed E-state index contributed by atoms with van der Waals surface area (Å²) in [6, 6.07) is 0. The molecule has 0 atom stereocenters. The van der Waals surface area contributed by atoms with E-state index in [0.717, 1.165) is 6.16 Å². The van der Waals surface area contributed by atoms with E-state index in [9.17, 15) is 0 Å². The molecule has 0 amide bonds. The molecular formula is C26H47MnNO3P2-2. The van der Waals surface area contributed by atoms with Gasteiger partial charge in [0, 0.05) is 38.7 Å². The Morgan fingerprint density at radius 2 is 1.09 bits per heavy atom. The zero-order valence-electron chi connectivity index (χ0n) is 22.8. The Morgan fingerprint density at radius 1 is 0.727 bits per heavy atom. The van der Waals surface area contributed by atoms with Crippen LogP contribution in [0.5, 0.6) is 0 Å². The van der Waals surface area contributed by atoms with E-state index in [-0.39, 0.29) is 17.1 Å². The number of hydrogen-bond acceptors (Lipinski definition) is 3. The molecule has 0 aromatic heterocycles. The van der Waals surface area contributed by atoms with E-state index in [2.05, 4.69) is 127 Å². The summed E-state index contributed by atoms with van der Waals surface area (Å²) in [5.41, 5.74) is 2.46. The number of nitrogens with zero attached hydrogens (tertiary/aromatic N) is 1. The van der Waals surface area contributed by atoms with E-state index in [1.165, 1.54) is 11.4 Å². The minimum absolute atomic E-state index is 0. The molecule has 4 nitrogen and oxygen atoms in total. The molecule has 1 rings (SSSR count). The molecule has 1 aliphatic heterocycles. The van der Waals surface area contributed by atoms with Crippen LogP contribution in [-0.2, 0) is 31.5 Å². The normalized spacial score (nSPS) is 15.0. The van der Waals surface area contributed by atoms with Gasteiger partial charge in [0.1, 0.15) is 0 Å². The Kier molecular flexibility index (Phi) is 20.3. The van der Waals surface area contributed by atoms with Crippen LogP contribution in [0.4, 0.5) is 0 Å². The average Bonchev–Trinajstić information content (AvgIpc) is 2.66. The van der Waals surface area contributed by atoms with Gasteiger partial charge in [-0.1, -0.05) is 18.2 Å². The van der Waals surface area contributed by atoms with Crippen molar-refractivity contribution in [2.24, 2.45) is 0 Å². The molecule has 1 heterocycles. The van der Waals surface area contributed by atoms with Crippen molar-refractivity contribution >= 4 is 36.2 Å². The van der Waals surface area contributed by atoms with Gasteiger partial charge in [-0.05, 0) is 83.1 Å². The van der Waals surface area contributed by atoms with Crippen molar-refractivity contribution in [1.29, 1.82) is 0 Å². The van der Waals surface area contributed by atoms with Gasteiger partial charge >= 0.3 is 0 Å². The van der Waals surface area contributed by atoms with Crippen LogP contribution < -0.4 is 0 Å². The molecule has 0 bridgehead atoms. The molecule has 0 unspecified atom stereocenters. The molecule has 0 spiro atoms. The predicted molar refractivity (Wildman–Crippen MR) is 149 cm³/mol. The topological polar surface area (TPSA) is 65.3 Å². The minimum Gasteiger partial charge on any atom is -0.656 e. The van der Waals surface area contributed by atoms with E-state index in [1.54, 1.807) is 0 Å². The van der Waals surface area contributed by atoms with Gasteiger partial charge in [0.2, 0.25) is 0 Å². The quantitative estimate of drug-likeness (QED) is 0.162. The summed E-state index contributed by atoms with van der Waals surface area (Å²) in [6.07, 6.45) is 7.79. The van der Waals surface area contributed by atoms with E-state index in [1.807, 2.05) is 0 Å². The monoisotopic (exact) mass is 538 g/mol. The SMILES string of the molecule is CC(C)(C)[PH+](/C=C1/C=CC=C(C[PH+](C(C)(C)C)C(C)(C)C)[N-]1)C(C)(C)C.[CH-]=O.[CH-]=O.[CH-]=O.[Mn]. The van der Waals surface area contributed by atoms with Crippen LogP contribution in [0.15, 0.2) is 35.4 Å². The molecule has 0 N–H and O–H groups in total. The van der Waals surface area contributed by atoms with Crippen LogP contribution in [0, 0.1) is 0 Å². The van der Waals surface area contributed by atoms with Gasteiger partial charge in [0.05, 0.1) is 26.8 Å². The second kappa shape index (κ2) is 16.9. The Labute approximate surface area is 217 Å². The van der Waals surface area contributed by atoms with Gasteiger partial charge < -0.3 is 19.7 Å². The van der Waals surface area contributed by atoms with Crippen LogP contribution >= 0.6 is 15.8 Å². The molecule has 33 heavy (non-hydrogen) atoms. The van der Waals surface area contributed by atoms with Gasteiger partial charge in [-0.15, -0.1) is 11.4 Å². The maximum atomic E-state index is 7.75. The third kappa shape index (κ3) is 15.8. The number of rotatable bonds is 3. The van der Waals surface area contributed by atoms with Crippen LogP contribution in [0.2, 0.25) is 0 Å². The molecule has 193 valence electrons. The zero-order chi connectivity index (χ0) is 26.6. The van der Waals surface area contributed by atoms with Gasteiger partial charge in [0.15, 0.2) is 0 Å². The molecule has 7 heteroatoms. The first-order valence-corrected chi connectivity index (χ1v) is 14.0. The molecule has 0 saturated heterocycles. The predicted octanol–water partition coefficient (Wildman–Crippen LogP) is 7.45. The first-order chi connectivity index (χ1) is 14.4. The molecule has 0 fully saturated rings. The number of carbonyl (C=O) groups excluding carboxylic acids is 3. The average molecular weight is 539 g/mol. The summed E-state index contributed by atoms with van der Waals surface area (Å²) in [7, 11) is -1.30. The smallest absolute Gasteiger partial charge is 0.0738 e. The second-order valence-corrected chi connectivity index (χ2v) is 20.2. The summed E-state index contributed by atoms with van der Waals surface area (Å²) >= 11 is 0. The van der Waals surface area contributed by atoms with E-state index in [0.29, 0.717) is 20.6 Å². The Hall–Kier alpha value is -0.591. The standard InChI is InChI=1S/C23H42NP2.3CHO.Mn/c1-20(2,3)25(21(4,5)6)16-18-14-13-15-19(24-18)17-26(22(7,8)9)23(10,11)12;3*1-2;/h13-16H,17H2,1-12H3;3*1H;/q4*-1;/p+2/b18-16-;;;;. The van der Waals surface area contributed by atoms with E-state index < -0.39 is 15.8 Å².